The van der Waals surface area contributed by atoms with Crippen LogP contribution in [0.2, 0.25) is 0 Å². The van der Waals surface area contributed by atoms with E-state index in [4.69, 9.17) is 15.3 Å². The molecule has 0 radical (unpaired) electrons. The van der Waals surface area contributed by atoms with Gasteiger partial charge in [0.1, 0.15) is 0 Å². The van der Waals surface area contributed by atoms with Gasteiger partial charge in [0.05, 0.1) is 25.2 Å². The lowest BCUT2D eigenvalue weighted by Crippen LogP contribution is -2.51. The maximum Gasteiger partial charge on any atom is 0.307 e. The lowest BCUT2D eigenvalue weighted by molar-refractivity contribution is -0.142. The van der Waals surface area contributed by atoms with E-state index < -0.39 is 41.4 Å². The van der Waals surface area contributed by atoms with Crippen molar-refractivity contribution in [2.45, 2.75) is 18.9 Å². The van der Waals surface area contributed by atoms with Crippen molar-refractivity contribution in [2.75, 3.05) is 26.3 Å². The van der Waals surface area contributed by atoms with E-state index in [2.05, 4.69) is 4.72 Å². The van der Waals surface area contributed by atoms with Gasteiger partial charge in [-0.2, -0.15) is 17.4 Å². The molecule has 0 spiro atoms. The summed E-state index contributed by atoms with van der Waals surface area (Å²) in [5, 5.41) is 26.5. The van der Waals surface area contributed by atoms with Gasteiger partial charge in [0, 0.05) is 13.1 Å². The first-order chi connectivity index (χ1) is 8.40. The van der Waals surface area contributed by atoms with Gasteiger partial charge in [-0.15, -0.1) is 0 Å². The lowest BCUT2D eigenvalue weighted by Gasteiger charge is -2.30. The Kier molecular flexibility index (Phi) is 5.47. The molecule has 106 valence electrons. The smallest absolute Gasteiger partial charge is 0.307 e. The topological polar surface area (TPSA) is 127 Å². The Morgan fingerprint density at radius 2 is 2.00 bits per heavy atom. The summed E-state index contributed by atoms with van der Waals surface area (Å²) >= 11 is 0. The van der Waals surface area contributed by atoms with E-state index in [0.29, 0.717) is 12.8 Å². The molecule has 1 heterocycles. The van der Waals surface area contributed by atoms with Crippen LogP contribution < -0.4 is 4.72 Å². The largest absolute Gasteiger partial charge is 0.481 e. The molecule has 4 N–H and O–H groups in total. The summed E-state index contributed by atoms with van der Waals surface area (Å²) in [6.07, 6.45) is 0.922. The molecule has 18 heavy (non-hydrogen) atoms. The van der Waals surface area contributed by atoms with Crippen molar-refractivity contribution >= 4 is 16.2 Å². The van der Waals surface area contributed by atoms with Gasteiger partial charge in [-0.3, -0.25) is 4.79 Å². The van der Waals surface area contributed by atoms with Gasteiger partial charge in [-0.1, -0.05) is 0 Å². The fourth-order valence-electron chi connectivity index (χ4n) is 1.78. The average Bonchev–Trinajstić information content (AvgIpc) is 2.36. The Bertz CT molecular complexity index is 381. The second-order valence-corrected chi connectivity index (χ2v) is 5.92. The SMILES string of the molecule is O=C(O)C1CCCN(S(=O)(=O)NC(CO)CO)C1. The average molecular weight is 282 g/mol. The van der Waals surface area contributed by atoms with Gasteiger partial charge >= 0.3 is 5.97 Å². The summed E-state index contributed by atoms with van der Waals surface area (Å²) in [7, 11) is -3.87. The second kappa shape index (κ2) is 6.43. The van der Waals surface area contributed by atoms with Gasteiger partial charge in [0.2, 0.25) is 0 Å². The van der Waals surface area contributed by atoms with E-state index in [-0.39, 0.29) is 13.1 Å². The molecule has 8 nitrogen and oxygen atoms in total. The number of carboxylic acids is 1. The summed E-state index contributed by atoms with van der Waals surface area (Å²) in [4.78, 5) is 10.8. The predicted molar refractivity (Wildman–Crippen MR) is 61.9 cm³/mol. The van der Waals surface area contributed by atoms with E-state index >= 15 is 0 Å². The predicted octanol–water partition coefficient (Wildman–Crippen LogP) is -2.03. The van der Waals surface area contributed by atoms with Gasteiger partial charge in [-0.05, 0) is 12.8 Å². The summed E-state index contributed by atoms with van der Waals surface area (Å²) in [6.45, 7) is -0.894. The van der Waals surface area contributed by atoms with E-state index in [1.54, 1.807) is 0 Å². The quantitative estimate of drug-likeness (QED) is 0.445. The van der Waals surface area contributed by atoms with Crippen LogP contribution in [0.15, 0.2) is 0 Å². The van der Waals surface area contributed by atoms with Crippen LogP contribution in [0.5, 0.6) is 0 Å². The minimum absolute atomic E-state index is 0.0890. The normalized spacial score (nSPS) is 22.3. The standard InChI is InChI=1S/C9H18N2O6S/c12-5-8(6-13)10-18(16,17)11-3-1-2-7(4-11)9(14)15/h7-8,10,12-13H,1-6H2,(H,14,15). The number of hydrogen-bond donors (Lipinski definition) is 4. The molecule has 1 aliphatic rings. The highest BCUT2D eigenvalue weighted by Gasteiger charge is 2.33. The van der Waals surface area contributed by atoms with Crippen molar-refractivity contribution in [3.8, 4) is 0 Å². The lowest BCUT2D eigenvalue weighted by atomic mass is 10.0. The fraction of sp³-hybridized carbons (Fsp3) is 0.889. The Labute approximate surface area is 105 Å². The third kappa shape index (κ3) is 3.89. The molecular formula is C9H18N2O6S. The number of carboxylic acid groups (broad SMARTS) is 1. The van der Waals surface area contributed by atoms with Gasteiger partial charge < -0.3 is 15.3 Å². The zero-order chi connectivity index (χ0) is 13.8. The molecule has 1 rings (SSSR count). The number of aliphatic carboxylic acids is 1. The number of aliphatic hydroxyl groups excluding tert-OH is 2. The van der Waals surface area contributed by atoms with Gasteiger partial charge in [0.25, 0.3) is 10.2 Å². The van der Waals surface area contributed by atoms with Crippen LogP contribution in [-0.2, 0) is 15.0 Å². The zero-order valence-corrected chi connectivity index (χ0v) is 10.6. The van der Waals surface area contributed by atoms with Crippen LogP contribution in [0, 0.1) is 5.92 Å². The molecule has 9 heteroatoms. The van der Waals surface area contributed by atoms with Crippen LogP contribution >= 0.6 is 0 Å². The van der Waals surface area contributed by atoms with Crippen LogP contribution in [-0.4, -0.2) is 66.4 Å². The van der Waals surface area contributed by atoms with E-state index in [0.717, 1.165) is 4.31 Å². The number of nitrogens with zero attached hydrogens (tertiary/aromatic N) is 1. The summed E-state index contributed by atoms with van der Waals surface area (Å²) in [5.41, 5.74) is 0. The minimum Gasteiger partial charge on any atom is -0.481 e. The van der Waals surface area contributed by atoms with Crippen molar-refractivity contribution in [1.29, 1.82) is 0 Å². The van der Waals surface area contributed by atoms with Crippen molar-refractivity contribution < 1.29 is 28.5 Å². The zero-order valence-electron chi connectivity index (χ0n) is 9.82. The van der Waals surface area contributed by atoms with Crippen LogP contribution in [0.3, 0.4) is 0 Å². The maximum absolute atomic E-state index is 11.9. The highest BCUT2D eigenvalue weighted by atomic mass is 32.2. The molecule has 0 aromatic heterocycles. The molecule has 1 atom stereocenters. The van der Waals surface area contributed by atoms with E-state index in [9.17, 15) is 13.2 Å². The molecule has 0 bridgehead atoms. The van der Waals surface area contributed by atoms with Gasteiger partial charge in [-0.25, -0.2) is 0 Å². The Morgan fingerprint density at radius 3 is 2.50 bits per heavy atom. The minimum atomic E-state index is -3.87. The molecule has 1 fully saturated rings. The van der Waals surface area contributed by atoms with Crippen molar-refractivity contribution in [1.82, 2.24) is 9.03 Å². The number of piperidine rings is 1. The molecule has 1 saturated heterocycles. The first-order valence-electron chi connectivity index (χ1n) is 5.62. The Hall–Kier alpha value is -0.740. The molecule has 0 aromatic rings. The molecule has 0 aliphatic carbocycles. The number of nitrogens with one attached hydrogen (secondary N) is 1. The summed E-state index contributed by atoms with van der Waals surface area (Å²) in [6, 6.07) is -0.972. The molecule has 1 aliphatic heterocycles. The summed E-state index contributed by atoms with van der Waals surface area (Å²) in [5.74, 6) is -1.73. The fourth-order valence-corrected chi connectivity index (χ4v) is 3.24. The monoisotopic (exact) mass is 282 g/mol. The molecule has 0 aromatic carbocycles. The first-order valence-corrected chi connectivity index (χ1v) is 7.06. The Balaban J connectivity index is 2.69. The first kappa shape index (κ1) is 15.3. The van der Waals surface area contributed by atoms with Crippen LogP contribution in [0.4, 0.5) is 0 Å². The molecule has 1 unspecified atom stereocenters. The van der Waals surface area contributed by atoms with Crippen molar-refractivity contribution in [2.24, 2.45) is 5.92 Å². The van der Waals surface area contributed by atoms with Crippen LogP contribution in [0.25, 0.3) is 0 Å². The number of aliphatic hydroxyl groups is 2. The van der Waals surface area contributed by atoms with E-state index in [1.807, 2.05) is 0 Å². The van der Waals surface area contributed by atoms with Crippen LogP contribution in [0.1, 0.15) is 12.8 Å². The van der Waals surface area contributed by atoms with Crippen molar-refractivity contribution in [3.05, 3.63) is 0 Å². The third-order valence-electron chi connectivity index (χ3n) is 2.83. The number of hydrogen-bond acceptors (Lipinski definition) is 5. The third-order valence-corrected chi connectivity index (χ3v) is 4.47. The van der Waals surface area contributed by atoms with E-state index in [1.165, 1.54) is 0 Å². The highest BCUT2D eigenvalue weighted by molar-refractivity contribution is 7.87. The second-order valence-electron chi connectivity index (χ2n) is 4.22. The number of rotatable bonds is 6. The summed E-state index contributed by atoms with van der Waals surface area (Å²) < 4.78 is 26.9. The molecule has 0 saturated carbocycles. The van der Waals surface area contributed by atoms with Gasteiger partial charge in [0.15, 0.2) is 0 Å². The number of carbonyl (C=O) groups is 1. The highest BCUT2D eigenvalue weighted by Crippen LogP contribution is 2.18. The van der Waals surface area contributed by atoms with Crippen molar-refractivity contribution in [3.63, 3.8) is 0 Å². The maximum atomic E-state index is 11.9. The Morgan fingerprint density at radius 1 is 1.39 bits per heavy atom. The molecule has 0 amide bonds. The molecular weight excluding hydrogens is 264 g/mol.